The van der Waals surface area contributed by atoms with Crippen molar-refractivity contribution in [1.29, 1.82) is 0 Å². The second kappa shape index (κ2) is 12.0. The van der Waals surface area contributed by atoms with Gasteiger partial charge in [-0.25, -0.2) is 13.4 Å². The molecule has 1 saturated heterocycles. The Morgan fingerprint density at radius 2 is 1.86 bits per heavy atom. The first-order chi connectivity index (χ1) is 20.3. The van der Waals surface area contributed by atoms with Crippen molar-refractivity contribution in [3.63, 3.8) is 0 Å². The van der Waals surface area contributed by atoms with Crippen LogP contribution in [0.25, 0.3) is 5.70 Å². The van der Waals surface area contributed by atoms with E-state index in [1.54, 1.807) is 35.6 Å². The number of aromatic nitrogens is 1. The van der Waals surface area contributed by atoms with Crippen LogP contribution in [-0.4, -0.2) is 59.0 Å². The van der Waals surface area contributed by atoms with Gasteiger partial charge in [-0.3, -0.25) is 14.5 Å². The lowest BCUT2D eigenvalue weighted by molar-refractivity contribution is 0.102. The molecule has 4 N–H and O–H groups in total. The third-order valence-corrected chi connectivity index (χ3v) is 8.73. The largest absolute Gasteiger partial charge is 0.492 e. The van der Waals surface area contributed by atoms with Crippen molar-refractivity contribution in [3.05, 3.63) is 64.3 Å². The first kappa shape index (κ1) is 30.6. The Morgan fingerprint density at radius 3 is 2.53 bits per heavy atom. The number of benzene rings is 2. The number of hydrazine groups is 2. The fraction of sp³-hybridized carbons (Fsp3) is 0.379. The lowest BCUT2D eigenvalue weighted by Crippen LogP contribution is -2.36. The van der Waals surface area contributed by atoms with E-state index >= 15 is 0 Å². The van der Waals surface area contributed by atoms with E-state index in [1.807, 2.05) is 51.2 Å². The summed E-state index contributed by atoms with van der Waals surface area (Å²) >= 11 is 1.60. The minimum absolute atomic E-state index is 0.220. The van der Waals surface area contributed by atoms with Crippen molar-refractivity contribution in [2.24, 2.45) is 0 Å². The van der Waals surface area contributed by atoms with Crippen LogP contribution < -0.4 is 35.6 Å². The molecule has 5 rings (SSSR count). The Hall–Kier alpha value is -3.85. The summed E-state index contributed by atoms with van der Waals surface area (Å²) in [6, 6.07) is 8.94. The van der Waals surface area contributed by atoms with Gasteiger partial charge in [-0.05, 0) is 47.7 Å². The molecule has 2 aromatic carbocycles. The summed E-state index contributed by atoms with van der Waals surface area (Å²) in [6.45, 7) is 11.0. The van der Waals surface area contributed by atoms with Crippen LogP contribution in [0.15, 0.2) is 42.7 Å². The molecule has 2 aliphatic heterocycles. The molecule has 1 aromatic heterocycles. The average Bonchev–Trinajstić information content (AvgIpc) is 3.63. The quantitative estimate of drug-likeness (QED) is 0.290. The van der Waals surface area contributed by atoms with Gasteiger partial charge in [-0.15, -0.1) is 5.53 Å². The predicted molar refractivity (Wildman–Crippen MR) is 171 cm³/mol. The molecule has 0 saturated carbocycles. The van der Waals surface area contributed by atoms with E-state index in [2.05, 4.69) is 30.9 Å². The number of carbonyl (C=O) groups excluding carboxylic acids is 1. The predicted octanol–water partition coefficient (Wildman–Crippen LogP) is 4.05. The van der Waals surface area contributed by atoms with Crippen LogP contribution in [0, 0.1) is 6.92 Å². The molecule has 0 bridgehead atoms. The highest BCUT2D eigenvalue weighted by molar-refractivity contribution is 7.92. The summed E-state index contributed by atoms with van der Waals surface area (Å²) in [4.78, 5) is 21.4. The van der Waals surface area contributed by atoms with Crippen molar-refractivity contribution in [2.45, 2.75) is 33.1 Å². The van der Waals surface area contributed by atoms with Gasteiger partial charge in [0.2, 0.25) is 10.0 Å². The molecule has 12 nitrogen and oxygen atoms in total. The molecule has 2 aliphatic rings. The van der Waals surface area contributed by atoms with Crippen molar-refractivity contribution in [2.75, 3.05) is 59.6 Å². The van der Waals surface area contributed by atoms with E-state index in [9.17, 15) is 13.2 Å². The number of carbonyl (C=O) groups is 1. The fourth-order valence-electron chi connectivity index (χ4n) is 4.71. The third-order valence-electron chi connectivity index (χ3n) is 7.04. The first-order valence-electron chi connectivity index (χ1n) is 13.8. The Morgan fingerprint density at radius 1 is 1.14 bits per heavy atom. The van der Waals surface area contributed by atoms with Crippen molar-refractivity contribution >= 4 is 55.2 Å². The van der Waals surface area contributed by atoms with Crippen LogP contribution in [0.1, 0.15) is 47.1 Å². The van der Waals surface area contributed by atoms with Gasteiger partial charge >= 0.3 is 0 Å². The van der Waals surface area contributed by atoms with E-state index in [4.69, 9.17) is 9.47 Å². The Bertz CT molecular complexity index is 1660. The number of thiazole rings is 1. The van der Waals surface area contributed by atoms with E-state index in [-0.39, 0.29) is 22.8 Å². The molecule has 3 heterocycles. The molecule has 1 amide bonds. The van der Waals surface area contributed by atoms with Crippen LogP contribution >= 0.6 is 11.3 Å². The molecule has 0 aliphatic carbocycles. The number of methoxy groups -OCH3 is 1. The van der Waals surface area contributed by atoms with Gasteiger partial charge in [0.05, 0.1) is 54.2 Å². The van der Waals surface area contributed by atoms with E-state index in [0.717, 1.165) is 51.9 Å². The van der Waals surface area contributed by atoms with Gasteiger partial charge in [0.25, 0.3) is 5.91 Å². The van der Waals surface area contributed by atoms with Crippen molar-refractivity contribution < 1.29 is 22.7 Å². The molecule has 0 spiro atoms. The summed E-state index contributed by atoms with van der Waals surface area (Å²) in [6.07, 6.45) is 4.85. The van der Waals surface area contributed by atoms with Crippen LogP contribution in [0.4, 0.5) is 22.2 Å². The minimum atomic E-state index is -3.60. The normalized spacial score (nSPS) is 15.6. The van der Waals surface area contributed by atoms with E-state index < -0.39 is 10.0 Å². The molecule has 0 radical (unpaired) electrons. The van der Waals surface area contributed by atoms with E-state index in [1.165, 1.54) is 7.11 Å². The molecule has 1 fully saturated rings. The van der Waals surface area contributed by atoms with Crippen LogP contribution in [0.5, 0.6) is 5.75 Å². The van der Waals surface area contributed by atoms with E-state index in [0.29, 0.717) is 24.5 Å². The summed E-state index contributed by atoms with van der Waals surface area (Å²) in [5.41, 5.74) is 10.5. The highest BCUT2D eigenvalue weighted by Gasteiger charge is 2.24. The molecule has 14 heteroatoms. The summed E-state index contributed by atoms with van der Waals surface area (Å²) in [7, 11) is -2.16. The Labute approximate surface area is 256 Å². The second-order valence-electron chi connectivity index (χ2n) is 11.4. The Kier molecular flexibility index (Phi) is 8.56. The second-order valence-corrected chi connectivity index (χ2v) is 14.2. The number of morpholine rings is 1. The molecular formula is C29H37N7O5S2. The maximum absolute atomic E-state index is 13.6. The fourth-order valence-corrected chi connectivity index (χ4v) is 6.20. The van der Waals surface area contributed by atoms with Gasteiger partial charge in [0.15, 0.2) is 10.9 Å². The number of ether oxygens (including phenoxy) is 2. The third kappa shape index (κ3) is 7.04. The molecule has 0 unspecified atom stereocenters. The zero-order valence-corrected chi connectivity index (χ0v) is 26.7. The summed E-state index contributed by atoms with van der Waals surface area (Å²) in [5, 5.41) is 5.71. The van der Waals surface area contributed by atoms with Gasteiger partial charge < -0.3 is 25.1 Å². The number of anilines is 4. The number of amides is 1. The minimum Gasteiger partial charge on any atom is -0.492 e. The smallest absolute Gasteiger partial charge is 0.255 e. The first-order valence-corrected chi connectivity index (χ1v) is 16.5. The topological polar surface area (TPSA) is 137 Å². The number of rotatable bonds is 8. The van der Waals surface area contributed by atoms with Crippen LogP contribution in [0.2, 0.25) is 0 Å². The van der Waals surface area contributed by atoms with Gasteiger partial charge in [0.1, 0.15) is 0 Å². The maximum atomic E-state index is 13.6. The van der Waals surface area contributed by atoms with Gasteiger partial charge in [-0.1, -0.05) is 38.2 Å². The van der Waals surface area contributed by atoms with Gasteiger partial charge in [-0.2, -0.15) is 0 Å². The highest BCUT2D eigenvalue weighted by atomic mass is 32.2. The zero-order valence-electron chi connectivity index (χ0n) is 25.1. The van der Waals surface area contributed by atoms with Crippen molar-refractivity contribution in [1.82, 2.24) is 15.9 Å². The highest BCUT2D eigenvalue weighted by Crippen LogP contribution is 2.39. The number of nitrogens with zero attached hydrogens (tertiary/aromatic N) is 3. The number of nitrogens with one attached hydrogen (secondary N) is 4. The summed E-state index contributed by atoms with van der Waals surface area (Å²) in [5.74, 6) is -0.150. The molecule has 230 valence electrons. The monoisotopic (exact) mass is 627 g/mol. The number of hydrogen-bond acceptors (Lipinski definition) is 11. The number of aryl methyl sites for hydroxylation is 1. The SMILES string of the molecule is COc1c(NC(=O)c2ccc(C)c(N3C=C(c4cnc(N5CCOCC5)s4)NN3)c2)cc(C(C)(C)C)cc1NS(C)(=O)=O. The average molecular weight is 628 g/mol. The van der Waals surface area contributed by atoms with Gasteiger partial charge in [0, 0.05) is 31.0 Å². The standard InChI is InChI=1S/C29H37N7O5S2/c1-18-7-8-19(27(37)31-21-14-20(29(2,3)4)15-22(26(21)40-5)33-43(6,38)39)13-24(18)36-17-23(32-34-36)25-16-30-28(42-25)35-9-11-41-12-10-35/h7-8,13-17,32-34H,9-12H2,1-6H3,(H,31,37). The molecule has 0 atom stereocenters. The zero-order chi connectivity index (χ0) is 30.9. The molecule has 43 heavy (non-hydrogen) atoms. The molecule has 3 aromatic rings. The number of hydrogen-bond donors (Lipinski definition) is 4. The lowest BCUT2D eigenvalue weighted by Gasteiger charge is -2.25. The maximum Gasteiger partial charge on any atom is 0.255 e. The number of sulfonamides is 1. The summed E-state index contributed by atoms with van der Waals surface area (Å²) < 4.78 is 37.7. The van der Waals surface area contributed by atoms with Crippen molar-refractivity contribution in [3.8, 4) is 5.75 Å². The molecular weight excluding hydrogens is 590 g/mol. The Balaban J connectivity index is 1.40. The van der Waals surface area contributed by atoms with Crippen LogP contribution in [0.3, 0.4) is 0 Å². The van der Waals surface area contributed by atoms with Crippen LogP contribution in [-0.2, 0) is 20.2 Å². The lowest BCUT2D eigenvalue weighted by atomic mass is 9.86.